The highest BCUT2D eigenvalue weighted by Crippen LogP contribution is 2.12. The smallest absolute Gasteiger partial charge is 0.337 e. The number of hydrogen-bond acceptors (Lipinski definition) is 3. The van der Waals surface area contributed by atoms with Gasteiger partial charge in [-0.05, 0) is 30.2 Å². The third-order valence-corrected chi connectivity index (χ3v) is 4.16. The number of aromatic nitrogens is 4. The second kappa shape index (κ2) is 5.90. The molecule has 0 fully saturated rings. The third-order valence-electron chi connectivity index (χ3n) is 4.16. The summed E-state index contributed by atoms with van der Waals surface area (Å²) in [5.41, 5.74) is 2.47. The first-order chi connectivity index (χ1) is 12.1. The van der Waals surface area contributed by atoms with Crippen LogP contribution in [0.15, 0.2) is 70.5 Å². The highest BCUT2D eigenvalue weighted by molar-refractivity contribution is 5.71. The molecule has 0 atom stereocenters. The Morgan fingerprint density at radius 3 is 2.60 bits per heavy atom. The van der Waals surface area contributed by atoms with Gasteiger partial charge >= 0.3 is 5.69 Å². The molecule has 0 radical (unpaired) electrons. The molecule has 0 amide bonds. The van der Waals surface area contributed by atoms with Crippen LogP contribution in [0.3, 0.4) is 0 Å². The fourth-order valence-electron chi connectivity index (χ4n) is 2.95. The van der Waals surface area contributed by atoms with Crippen LogP contribution in [0, 0.1) is 6.92 Å². The van der Waals surface area contributed by atoms with Crippen molar-refractivity contribution in [3.05, 3.63) is 92.9 Å². The minimum atomic E-state index is -0.404. The molecule has 0 aliphatic rings. The van der Waals surface area contributed by atoms with Gasteiger partial charge in [0, 0.05) is 0 Å². The lowest BCUT2D eigenvalue weighted by Gasteiger charge is -2.12. The molecular weight excluding hydrogens is 316 g/mol. The predicted molar refractivity (Wildman–Crippen MR) is 96.2 cm³/mol. The molecule has 0 bridgehead atoms. The standard InChI is InChI=1S/C19H16N4O2/c1-13-6-5-9-15(10-13)23-17-16(20-12-21-17)18(24)22(19(23)25)11-14-7-3-2-4-8-14/h2-10,12H,11H2,1H3,(H,20,21). The number of nitrogens with one attached hydrogen (secondary N) is 1. The van der Waals surface area contributed by atoms with E-state index < -0.39 is 5.69 Å². The topological polar surface area (TPSA) is 72.7 Å². The van der Waals surface area contributed by atoms with Crippen molar-refractivity contribution in [1.82, 2.24) is 19.1 Å². The molecule has 4 aromatic rings. The van der Waals surface area contributed by atoms with Gasteiger partial charge in [-0.15, -0.1) is 0 Å². The summed E-state index contributed by atoms with van der Waals surface area (Å²) in [6, 6.07) is 17.0. The van der Waals surface area contributed by atoms with Gasteiger partial charge in [0.25, 0.3) is 5.56 Å². The van der Waals surface area contributed by atoms with E-state index in [1.165, 1.54) is 15.5 Å². The van der Waals surface area contributed by atoms with Crippen LogP contribution >= 0.6 is 0 Å². The maximum Gasteiger partial charge on any atom is 0.337 e. The summed E-state index contributed by atoms with van der Waals surface area (Å²) in [5.74, 6) is 0. The van der Waals surface area contributed by atoms with Gasteiger partial charge in [-0.3, -0.25) is 9.36 Å². The van der Waals surface area contributed by atoms with Crippen molar-refractivity contribution in [3.8, 4) is 5.69 Å². The molecule has 0 unspecified atom stereocenters. The molecule has 6 nitrogen and oxygen atoms in total. The summed E-state index contributed by atoms with van der Waals surface area (Å²) in [4.78, 5) is 32.9. The van der Waals surface area contributed by atoms with E-state index in [9.17, 15) is 9.59 Å². The van der Waals surface area contributed by atoms with E-state index in [0.717, 1.165) is 11.1 Å². The molecule has 0 spiro atoms. The Balaban J connectivity index is 2.02. The van der Waals surface area contributed by atoms with Crippen molar-refractivity contribution >= 4 is 11.2 Å². The van der Waals surface area contributed by atoms with E-state index in [1.807, 2.05) is 61.5 Å². The minimum Gasteiger partial charge on any atom is -0.339 e. The van der Waals surface area contributed by atoms with Gasteiger partial charge in [0.1, 0.15) is 5.52 Å². The Morgan fingerprint density at radius 1 is 1.04 bits per heavy atom. The van der Waals surface area contributed by atoms with E-state index in [-0.39, 0.29) is 12.1 Å². The maximum absolute atomic E-state index is 13.1. The average Bonchev–Trinajstić information content (AvgIpc) is 3.09. The lowest BCUT2D eigenvalue weighted by molar-refractivity contribution is 0.683. The van der Waals surface area contributed by atoms with Crippen molar-refractivity contribution < 1.29 is 0 Å². The van der Waals surface area contributed by atoms with Gasteiger partial charge in [-0.25, -0.2) is 14.3 Å². The highest BCUT2D eigenvalue weighted by Gasteiger charge is 2.16. The zero-order chi connectivity index (χ0) is 17.4. The van der Waals surface area contributed by atoms with E-state index in [4.69, 9.17) is 0 Å². The molecule has 6 heteroatoms. The number of aromatic amines is 1. The fraction of sp³-hybridized carbons (Fsp3) is 0.105. The molecule has 25 heavy (non-hydrogen) atoms. The molecule has 2 aromatic heterocycles. The van der Waals surface area contributed by atoms with Crippen LogP contribution in [0.5, 0.6) is 0 Å². The lowest BCUT2D eigenvalue weighted by atomic mass is 10.2. The highest BCUT2D eigenvalue weighted by atomic mass is 16.2. The van der Waals surface area contributed by atoms with Gasteiger partial charge in [-0.2, -0.15) is 0 Å². The lowest BCUT2D eigenvalue weighted by Crippen LogP contribution is -2.39. The number of aryl methyl sites for hydroxylation is 1. The van der Waals surface area contributed by atoms with Crippen LogP contribution in [0.2, 0.25) is 0 Å². The maximum atomic E-state index is 13.1. The summed E-state index contributed by atoms with van der Waals surface area (Å²) in [5, 5.41) is 0. The first-order valence-corrected chi connectivity index (χ1v) is 7.95. The molecule has 124 valence electrons. The number of H-pyrrole nitrogens is 1. The van der Waals surface area contributed by atoms with Gasteiger partial charge in [0.15, 0.2) is 5.65 Å². The molecular formula is C19H16N4O2. The number of hydrogen-bond donors (Lipinski definition) is 1. The molecule has 1 N–H and O–H groups in total. The summed E-state index contributed by atoms with van der Waals surface area (Å²) >= 11 is 0. The summed E-state index contributed by atoms with van der Waals surface area (Å²) in [6.07, 6.45) is 1.44. The van der Waals surface area contributed by atoms with Gasteiger partial charge in [0.2, 0.25) is 0 Å². The van der Waals surface area contributed by atoms with E-state index in [0.29, 0.717) is 16.9 Å². The van der Waals surface area contributed by atoms with Crippen LogP contribution in [0.25, 0.3) is 16.9 Å². The van der Waals surface area contributed by atoms with Crippen LogP contribution in [0.1, 0.15) is 11.1 Å². The molecule has 2 aromatic carbocycles. The van der Waals surface area contributed by atoms with Crippen molar-refractivity contribution in [2.45, 2.75) is 13.5 Å². The van der Waals surface area contributed by atoms with Crippen LogP contribution in [-0.4, -0.2) is 19.1 Å². The number of benzene rings is 2. The van der Waals surface area contributed by atoms with Gasteiger partial charge < -0.3 is 4.98 Å². The van der Waals surface area contributed by atoms with Gasteiger partial charge in [0.05, 0.1) is 18.6 Å². The Bertz CT molecular complexity index is 1170. The average molecular weight is 332 g/mol. The van der Waals surface area contributed by atoms with Crippen molar-refractivity contribution in [3.63, 3.8) is 0 Å². The first-order valence-electron chi connectivity index (χ1n) is 7.95. The SMILES string of the molecule is Cc1cccc(-n2c(=O)n(Cc3ccccc3)c(=O)c3[nH]cnc32)c1. The number of imidazole rings is 1. The monoisotopic (exact) mass is 332 g/mol. The second-order valence-corrected chi connectivity index (χ2v) is 5.94. The molecule has 0 saturated carbocycles. The van der Waals surface area contributed by atoms with Crippen LogP contribution in [-0.2, 0) is 6.54 Å². The van der Waals surface area contributed by atoms with Gasteiger partial charge in [-0.1, -0.05) is 42.5 Å². The van der Waals surface area contributed by atoms with E-state index in [1.54, 1.807) is 0 Å². The van der Waals surface area contributed by atoms with Crippen molar-refractivity contribution in [2.24, 2.45) is 0 Å². The fourth-order valence-corrected chi connectivity index (χ4v) is 2.95. The molecule has 4 rings (SSSR count). The summed E-state index contributed by atoms with van der Waals surface area (Å²) < 4.78 is 2.71. The predicted octanol–water partition coefficient (Wildman–Crippen LogP) is 2.23. The Hall–Kier alpha value is -3.41. The Labute approximate surface area is 143 Å². The van der Waals surface area contributed by atoms with E-state index in [2.05, 4.69) is 9.97 Å². The number of fused-ring (bicyclic) bond motifs is 1. The van der Waals surface area contributed by atoms with Crippen LogP contribution in [0.4, 0.5) is 0 Å². The zero-order valence-corrected chi connectivity index (χ0v) is 13.6. The zero-order valence-electron chi connectivity index (χ0n) is 13.6. The molecule has 0 aliphatic carbocycles. The van der Waals surface area contributed by atoms with Crippen LogP contribution < -0.4 is 11.2 Å². The normalized spacial score (nSPS) is 11.1. The Kier molecular flexibility index (Phi) is 3.57. The second-order valence-electron chi connectivity index (χ2n) is 5.94. The summed E-state index contributed by atoms with van der Waals surface area (Å²) in [6.45, 7) is 2.16. The first kappa shape index (κ1) is 15.1. The van der Waals surface area contributed by atoms with Crippen molar-refractivity contribution in [1.29, 1.82) is 0 Å². The third kappa shape index (κ3) is 2.57. The quantitative estimate of drug-likeness (QED) is 0.625. The van der Waals surface area contributed by atoms with E-state index >= 15 is 0 Å². The molecule has 0 saturated heterocycles. The molecule has 0 aliphatic heterocycles. The Morgan fingerprint density at radius 2 is 1.84 bits per heavy atom. The number of nitrogens with zero attached hydrogens (tertiary/aromatic N) is 3. The van der Waals surface area contributed by atoms with Crippen molar-refractivity contribution in [2.75, 3.05) is 0 Å². The largest absolute Gasteiger partial charge is 0.339 e. The number of rotatable bonds is 3. The minimum absolute atomic E-state index is 0.208. The summed E-state index contributed by atoms with van der Waals surface area (Å²) in [7, 11) is 0. The molecule has 2 heterocycles.